The van der Waals surface area contributed by atoms with Gasteiger partial charge in [0.1, 0.15) is 5.82 Å². The quantitative estimate of drug-likeness (QED) is 0.769. The van der Waals surface area contributed by atoms with Crippen molar-refractivity contribution in [2.24, 2.45) is 5.41 Å². The normalized spacial score (nSPS) is 18.9. The molecule has 6 heteroatoms. The predicted molar refractivity (Wildman–Crippen MR) is 91.1 cm³/mol. The molecule has 0 saturated carbocycles. The number of halogens is 1. The van der Waals surface area contributed by atoms with Crippen molar-refractivity contribution in [3.8, 4) is 0 Å². The van der Waals surface area contributed by atoms with Gasteiger partial charge in [0.15, 0.2) is 0 Å². The summed E-state index contributed by atoms with van der Waals surface area (Å²) in [5, 5.41) is 15.3. The highest BCUT2D eigenvalue weighted by Gasteiger charge is 2.26. The van der Waals surface area contributed by atoms with Crippen LogP contribution in [0.2, 0.25) is 0 Å². The van der Waals surface area contributed by atoms with E-state index in [1.54, 1.807) is 13.0 Å². The van der Waals surface area contributed by atoms with Crippen LogP contribution in [0.1, 0.15) is 45.2 Å². The summed E-state index contributed by atoms with van der Waals surface area (Å²) in [6.45, 7) is 6.22. The van der Waals surface area contributed by atoms with Crippen LogP contribution >= 0.6 is 11.8 Å². The molecule has 1 aliphatic rings. The van der Waals surface area contributed by atoms with Gasteiger partial charge in [-0.25, -0.2) is 9.18 Å². The molecule has 0 bridgehead atoms. The molecule has 2 rings (SSSR count). The summed E-state index contributed by atoms with van der Waals surface area (Å²) in [6.07, 6.45) is 0.993. The fourth-order valence-electron chi connectivity index (χ4n) is 2.94. The number of aliphatic hydroxyl groups excluding tert-OH is 1. The van der Waals surface area contributed by atoms with Gasteiger partial charge in [-0.3, -0.25) is 0 Å². The van der Waals surface area contributed by atoms with Crippen molar-refractivity contribution in [2.45, 2.75) is 50.7 Å². The fourth-order valence-corrected chi connectivity index (χ4v) is 4.08. The molecule has 1 aromatic carbocycles. The number of hydrogen-bond acceptors (Lipinski definition) is 3. The van der Waals surface area contributed by atoms with E-state index in [4.69, 9.17) is 0 Å². The van der Waals surface area contributed by atoms with Crippen LogP contribution in [0.25, 0.3) is 0 Å². The lowest BCUT2D eigenvalue weighted by Gasteiger charge is -2.29. The lowest BCUT2D eigenvalue weighted by Crippen LogP contribution is -2.43. The Labute approximate surface area is 141 Å². The topological polar surface area (TPSA) is 61.4 Å². The van der Waals surface area contributed by atoms with Crippen molar-refractivity contribution in [3.05, 3.63) is 29.6 Å². The molecule has 2 atom stereocenters. The first kappa shape index (κ1) is 18.1. The van der Waals surface area contributed by atoms with E-state index < -0.39 is 6.10 Å². The number of aliphatic hydroxyl groups is 1. The minimum Gasteiger partial charge on any atom is -0.393 e. The van der Waals surface area contributed by atoms with E-state index in [-0.39, 0.29) is 23.3 Å². The first-order valence-corrected chi connectivity index (χ1v) is 8.91. The second kappa shape index (κ2) is 7.53. The molecule has 2 amide bonds. The number of carbonyl (C=O) groups is 1. The molecule has 1 aliphatic heterocycles. The molecule has 0 saturated heterocycles. The van der Waals surface area contributed by atoms with Gasteiger partial charge in [-0.15, -0.1) is 11.8 Å². The van der Waals surface area contributed by atoms with Crippen LogP contribution in [-0.2, 0) is 0 Å². The van der Waals surface area contributed by atoms with Crippen LogP contribution in [0, 0.1) is 11.2 Å². The third-order valence-corrected chi connectivity index (χ3v) is 5.07. The number of nitrogens with one attached hydrogen (secondary N) is 2. The molecule has 1 aromatic rings. The summed E-state index contributed by atoms with van der Waals surface area (Å²) in [7, 11) is 0. The molecular weight excluding hydrogens is 315 g/mol. The van der Waals surface area contributed by atoms with Crippen LogP contribution < -0.4 is 10.6 Å². The molecule has 3 N–H and O–H groups in total. The van der Waals surface area contributed by atoms with E-state index in [9.17, 15) is 14.3 Å². The zero-order chi connectivity index (χ0) is 17.0. The van der Waals surface area contributed by atoms with Gasteiger partial charge in [0, 0.05) is 17.2 Å². The van der Waals surface area contributed by atoms with E-state index in [0.29, 0.717) is 17.9 Å². The molecule has 128 valence electrons. The molecule has 2 unspecified atom stereocenters. The minimum atomic E-state index is -0.403. The largest absolute Gasteiger partial charge is 0.393 e. The average molecular weight is 340 g/mol. The highest BCUT2D eigenvalue weighted by molar-refractivity contribution is 7.99. The molecule has 0 aromatic heterocycles. The standard InChI is InChI=1S/C17H25FN2O2S/c1-11(21)9-17(2,3)10-19-16(22)20-14-7-8-23-15-12(14)5-4-6-13(15)18/h4-6,11,14,21H,7-10H2,1-3H3,(H2,19,20,22). The van der Waals surface area contributed by atoms with Gasteiger partial charge in [0.2, 0.25) is 0 Å². The maximum atomic E-state index is 13.8. The van der Waals surface area contributed by atoms with Crippen LogP contribution in [0.3, 0.4) is 0 Å². The number of benzene rings is 1. The molecule has 0 aliphatic carbocycles. The highest BCUT2D eigenvalue weighted by Crippen LogP contribution is 2.37. The van der Waals surface area contributed by atoms with Crippen LogP contribution in [0.4, 0.5) is 9.18 Å². The minimum absolute atomic E-state index is 0.165. The zero-order valence-electron chi connectivity index (χ0n) is 13.9. The van der Waals surface area contributed by atoms with Gasteiger partial charge in [-0.05, 0) is 36.8 Å². The second-order valence-electron chi connectivity index (χ2n) is 6.89. The van der Waals surface area contributed by atoms with E-state index in [2.05, 4.69) is 10.6 Å². The molecule has 0 spiro atoms. The molecular formula is C17H25FN2O2S. The van der Waals surface area contributed by atoms with E-state index in [1.807, 2.05) is 19.9 Å². The van der Waals surface area contributed by atoms with Crippen molar-refractivity contribution in [1.29, 1.82) is 0 Å². The Hall–Kier alpha value is -1.27. The number of fused-ring (bicyclic) bond motifs is 1. The Balaban J connectivity index is 1.93. The maximum Gasteiger partial charge on any atom is 0.315 e. The Morgan fingerprint density at radius 2 is 2.26 bits per heavy atom. The summed E-state index contributed by atoms with van der Waals surface area (Å²) in [5.74, 6) is 0.560. The number of amides is 2. The summed E-state index contributed by atoms with van der Waals surface area (Å²) < 4.78 is 13.8. The first-order valence-electron chi connectivity index (χ1n) is 7.92. The predicted octanol–water partition coefficient (Wildman–Crippen LogP) is 3.46. The summed E-state index contributed by atoms with van der Waals surface area (Å²) in [4.78, 5) is 12.8. The molecule has 1 heterocycles. The smallest absolute Gasteiger partial charge is 0.315 e. The lowest BCUT2D eigenvalue weighted by atomic mass is 9.87. The molecule has 4 nitrogen and oxygen atoms in total. The average Bonchev–Trinajstić information content (AvgIpc) is 2.45. The highest BCUT2D eigenvalue weighted by atomic mass is 32.2. The lowest BCUT2D eigenvalue weighted by molar-refractivity contribution is 0.128. The van der Waals surface area contributed by atoms with E-state index in [0.717, 1.165) is 17.7 Å². The van der Waals surface area contributed by atoms with Gasteiger partial charge in [-0.2, -0.15) is 0 Å². The zero-order valence-corrected chi connectivity index (χ0v) is 14.7. The van der Waals surface area contributed by atoms with Crippen LogP contribution in [0.5, 0.6) is 0 Å². The van der Waals surface area contributed by atoms with Gasteiger partial charge in [0.05, 0.1) is 12.1 Å². The number of hydrogen-bond donors (Lipinski definition) is 3. The SMILES string of the molecule is CC(O)CC(C)(C)CNC(=O)NC1CCSc2c(F)cccc21. The first-order chi connectivity index (χ1) is 10.8. The van der Waals surface area contributed by atoms with Crippen LogP contribution in [-0.4, -0.2) is 29.5 Å². The van der Waals surface area contributed by atoms with E-state index >= 15 is 0 Å². The maximum absolute atomic E-state index is 13.8. The van der Waals surface area contributed by atoms with Crippen molar-refractivity contribution in [2.75, 3.05) is 12.3 Å². The van der Waals surface area contributed by atoms with Crippen molar-refractivity contribution in [1.82, 2.24) is 10.6 Å². The summed E-state index contributed by atoms with van der Waals surface area (Å²) in [6, 6.07) is 4.58. The fraction of sp³-hybridized carbons (Fsp3) is 0.588. The van der Waals surface area contributed by atoms with Gasteiger partial charge < -0.3 is 15.7 Å². The van der Waals surface area contributed by atoms with Gasteiger partial charge in [-0.1, -0.05) is 26.0 Å². The van der Waals surface area contributed by atoms with Gasteiger partial charge >= 0.3 is 6.03 Å². The molecule has 23 heavy (non-hydrogen) atoms. The summed E-state index contributed by atoms with van der Waals surface area (Å²) in [5.41, 5.74) is 0.664. The van der Waals surface area contributed by atoms with E-state index in [1.165, 1.54) is 17.8 Å². The number of rotatable bonds is 5. The van der Waals surface area contributed by atoms with Crippen molar-refractivity contribution >= 4 is 17.8 Å². The Bertz CT molecular complexity index is 564. The van der Waals surface area contributed by atoms with Crippen LogP contribution in [0.15, 0.2) is 23.1 Å². The number of urea groups is 1. The monoisotopic (exact) mass is 340 g/mol. The molecule has 0 fully saturated rings. The second-order valence-corrected chi connectivity index (χ2v) is 8.00. The van der Waals surface area contributed by atoms with Gasteiger partial charge in [0.25, 0.3) is 0 Å². The Morgan fingerprint density at radius 3 is 2.96 bits per heavy atom. The third kappa shape index (κ3) is 5.11. The Morgan fingerprint density at radius 1 is 1.52 bits per heavy atom. The number of carbonyl (C=O) groups excluding carboxylic acids is 1. The number of thioether (sulfide) groups is 1. The third-order valence-electron chi connectivity index (χ3n) is 3.91. The van der Waals surface area contributed by atoms with Crippen molar-refractivity contribution < 1.29 is 14.3 Å². The Kier molecular flexibility index (Phi) is 5.92. The summed E-state index contributed by atoms with van der Waals surface area (Å²) >= 11 is 1.50. The van der Waals surface area contributed by atoms with Crippen molar-refractivity contribution in [3.63, 3.8) is 0 Å². The molecule has 0 radical (unpaired) electrons.